The molecule has 13 heavy (non-hydrogen) atoms. The molecule has 1 aliphatic heterocycles. The summed E-state index contributed by atoms with van der Waals surface area (Å²) >= 11 is 0. The minimum Gasteiger partial charge on any atom is -0.479 e. The molecule has 1 atom stereocenters. The van der Waals surface area contributed by atoms with E-state index >= 15 is 0 Å². The third-order valence-corrected chi connectivity index (χ3v) is 1.83. The van der Waals surface area contributed by atoms with Crippen molar-refractivity contribution < 1.29 is 14.2 Å². The van der Waals surface area contributed by atoms with Gasteiger partial charge in [0.15, 0.2) is 5.90 Å². The average molecular weight is 187 g/mol. The summed E-state index contributed by atoms with van der Waals surface area (Å²) in [5, 5.41) is 0. The molecule has 0 spiro atoms. The Bertz CT molecular complexity index is 170. The first-order valence-electron chi connectivity index (χ1n) is 4.58. The quantitative estimate of drug-likeness (QED) is 0.575. The Balaban J connectivity index is 2.06. The predicted molar refractivity (Wildman–Crippen MR) is 50.1 cm³/mol. The lowest BCUT2D eigenvalue weighted by atomic mass is 10.2. The first kappa shape index (κ1) is 10.5. The van der Waals surface area contributed by atoms with E-state index in [2.05, 4.69) is 11.9 Å². The van der Waals surface area contributed by atoms with Gasteiger partial charge in [-0.05, 0) is 0 Å². The third-order valence-electron chi connectivity index (χ3n) is 1.83. The van der Waals surface area contributed by atoms with Gasteiger partial charge < -0.3 is 14.2 Å². The predicted octanol–water partition coefficient (Wildman–Crippen LogP) is 0.714. The van der Waals surface area contributed by atoms with Crippen LogP contribution in [0.25, 0.3) is 0 Å². The SMILES string of the molecule is COCCOCC(C)C1=NCCO1. The van der Waals surface area contributed by atoms with Crippen LogP contribution >= 0.6 is 0 Å². The van der Waals surface area contributed by atoms with Crippen molar-refractivity contribution in [3.63, 3.8) is 0 Å². The molecule has 76 valence electrons. The summed E-state index contributed by atoms with van der Waals surface area (Å²) in [7, 11) is 1.66. The van der Waals surface area contributed by atoms with Gasteiger partial charge in [0, 0.05) is 7.11 Å². The van der Waals surface area contributed by atoms with E-state index in [1.165, 1.54) is 0 Å². The second-order valence-corrected chi connectivity index (χ2v) is 3.04. The van der Waals surface area contributed by atoms with Crippen molar-refractivity contribution in [1.29, 1.82) is 0 Å². The summed E-state index contributed by atoms with van der Waals surface area (Å²) < 4.78 is 15.5. The van der Waals surface area contributed by atoms with Crippen LogP contribution in [0.15, 0.2) is 4.99 Å². The van der Waals surface area contributed by atoms with Gasteiger partial charge >= 0.3 is 0 Å². The molecule has 0 aliphatic carbocycles. The molecule has 1 aliphatic rings. The van der Waals surface area contributed by atoms with E-state index in [1.807, 2.05) is 0 Å². The van der Waals surface area contributed by atoms with Crippen molar-refractivity contribution in [3.8, 4) is 0 Å². The summed E-state index contributed by atoms with van der Waals surface area (Å²) in [5.41, 5.74) is 0. The summed E-state index contributed by atoms with van der Waals surface area (Å²) in [6, 6.07) is 0. The highest BCUT2D eigenvalue weighted by molar-refractivity contribution is 5.79. The van der Waals surface area contributed by atoms with Gasteiger partial charge in [-0.15, -0.1) is 0 Å². The summed E-state index contributed by atoms with van der Waals surface area (Å²) in [5.74, 6) is 1.09. The number of hydrogen-bond donors (Lipinski definition) is 0. The molecule has 0 N–H and O–H groups in total. The maximum atomic E-state index is 5.36. The van der Waals surface area contributed by atoms with Crippen molar-refractivity contribution >= 4 is 5.90 Å². The molecular weight excluding hydrogens is 170 g/mol. The van der Waals surface area contributed by atoms with Gasteiger partial charge in [-0.25, -0.2) is 0 Å². The van der Waals surface area contributed by atoms with E-state index in [1.54, 1.807) is 7.11 Å². The largest absolute Gasteiger partial charge is 0.479 e. The van der Waals surface area contributed by atoms with Gasteiger partial charge in [0.25, 0.3) is 0 Å². The number of methoxy groups -OCH3 is 1. The minimum absolute atomic E-state index is 0.263. The Hall–Kier alpha value is -0.610. The Morgan fingerprint density at radius 1 is 1.54 bits per heavy atom. The smallest absolute Gasteiger partial charge is 0.188 e. The molecule has 0 saturated heterocycles. The van der Waals surface area contributed by atoms with Crippen LogP contribution in [-0.4, -0.2) is 46.0 Å². The maximum Gasteiger partial charge on any atom is 0.188 e. The molecule has 4 heteroatoms. The monoisotopic (exact) mass is 187 g/mol. The van der Waals surface area contributed by atoms with E-state index in [0.29, 0.717) is 19.8 Å². The summed E-state index contributed by atoms with van der Waals surface area (Å²) in [6.07, 6.45) is 0. The van der Waals surface area contributed by atoms with Gasteiger partial charge in [0.05, 0.1) is 32.3 Å². The Labute approximate surface area is 78.9 Å². The van der Waals surface area contributed by atoms with E-state index in [9.17, 15) is 0 Å². The number of aliphatic imine (C=N–C) groups is 1. The van der Waals surface area contributed by atoms with Crippen LogP contribution in [0.3, 0.4) is 0 Å². The van der Waals surface area contributed by atoms with E-state index in [0.717, 1.165) is 19.0 Å². The highest BCUT2D eigenvalue weighted by atomic mass is 16.5. The van der Waals surface area contributed by atoms with Gasteiger partial charge in [-0.2, -0.15) is 0 Å². The fraction of sp³-hybridized carbons (Fsp3) is 0.889. The van der Waals surface area contributed by atoms with Crippen molar-refractivity contribution in [3.05, 3.63) is 0 Å². The second kappa shape index (κ2) is 5.94. The molecule has 1 unspecified atom stereocenters. The first-order valence-corrected chi connectivity index (χ1v) is 4.58. The fourth-order valence-electron chi connectivity index (χ4n) is 1.12. The van der Waals surface area contributed by atoms with Crippen LogP contribution < -0.4 is 0 Å². The van der Waals surface area contributed by atoms with Gasteiger partial charge in [0.2, 0.25) is 0 Å². The van der Waals surface area contributed by atoms with E-state index in [4.69, 9.17) is 14.2 Å². The summed E-state index contributed by atoms with van der Waals surface area (Å²) in [6.45, 7) is 5.49. The van der Waals surface area contributed by atoms with Gasteiger partial charge in [-0.1, -0.05) is 6.92 Å². The molecule has 0 aromatic carbocycles. The average Bonchev–Trinajstić information content (AvgIpc) is 2.65. The molecular formula is C9H17NO3. The number of hydrogen-bond acceptors (Lipinski definition) is 4. The van der Waals surface area contributed by atoms with Crippen LogP contribution in [0.2, 0.25) is 0 Å². The van der Waals surface area contributed by atoms with Crippen LogP contribution in [0.1, 0.15) is 6.92 Å². The normalized spacial score (nSPS) is 18.2. The van der Waals surface area contributed by atoms with Crippen molar-refractivity contribution in [1.82, 2.24) is 0 Å². The lowest BCUT2D eigenvalue weighted by Crippen LogP contribution is -2.18. The standard InChI is InChI=1S/C9H17NO3/c1-8(7-12-6-5-11-2)9-10-3-4-13-9/h8H,3-7H2,1-2H3. The molecule has 0 saturated carbocycles. The molecule has 1 heterocycles. The van der Waals surface area contributed by atoms with Crippen LogP contribution in [0, 0.1) is 5.92 Å². The topological polar surface area (TPSA) is 40.0 Å². The fourth-order valence-corrected chi connectivity index (χ4v) is 1.12. The lowest BCUT2D eigenvalue weighted by Gasteiger charge is -2.11. The zero-order valence-corrected chi connectivity index (χ0v) is 8.28. The van der Waals surface area contributed by atoms with Crippen molar-refractivity contribution in [2.75, 3.05) is 40.1 Å². The third kappa shape index (κ3) is 3.74. The van der Waals surface area contributed by atoms with E-state index < -0.39 is 0 Å². The molecule has 4 nitrogen and oxygen atoms in total. The number of ether oxygens (including phenoxy) is 3. The molecule has 0 radical (unpaired) electrons. The van der Waals surface area contributed by atoms with Crippen LogP contribution in [0.5, 0.6) is 0 Å². The minimum atomic E-state index is 0.263. The van der Waals surface area contributed by atoms with Gasteiger partial charge in [-0.3, -0.25) is 4.99 Å². The first-order chi connectivity index (χ1) is 6.34. The number of rotatable bonds is 6. The second-order valence-electron chi connectivity index (χ2n) is 3.04. The highest BCUT2D eigenvalue weighted by Gasteiger charge is 2.15. The Morgan fingerprint density at radius 2 is 2.38 bits per heavy atom. The zero-order valence-electron chi connectivity index (χ0n) is 8.28. The van der Waals surface area contributed by atoms with Crippen LogP contribution in [0.4, 0.5) is 0 Å². The van der Waals surface area contributed by atoms with E-state index in [-0.39, 0.29) is 5.92 Å². The molecule has 0 amide bonds. The zero-order chi connectivity index (χ0) is 9.52. The Morgan fingerprint density at radius 3 is 3.00 bits per heavy atom. The molecule has 0 aromatic rings. The van der Waals surface area contributed by atoms with Gasteiger partial charge in [0.1, 0.15) is 6.61 Å². The number of nitrogens with zero attached hydrogens (tertiary/aromatic N) is 1. The summed E-state index contributed by atoms with van der Waals surface area (Å²) in [4.78, 5) is 4.22. The van der Waals surface area contributed by atoms with Crippen molar-refractivity contribution in [2.24, 2.45) is 10.9 Å². The lowest BCUT2D eigenvalue weighted by molar-refractivity contribution is 0.0607. The molecule has 1 rings (SSSR count). The van der Waals surface area contributed by atoms with Crippen molar-refractivity contribution in [2.45, 2.75) is 6.92 Å². The Kier molecular flexibility index (Phi) is 4.78. The molecule has 0 bridgehead atoms. The molecule has 0 aromatic heterocycles. The molecule has 0 fully saturated rings. The van der Waals surface area contributed by atoms with Crippen LogP contribution in [-0.2, 0) is 14.2 Å². The highest BCUT2D eigenvalue weighted by Crippen LogP contribution is 2.06. The maximum absolute atomic E-state index is 5.36.